The summed E-state index contributed by atoms with van der Waals surface area (Å²) < 4.78 is 19.2. The lowest BCUT2D eigenvalue weighted by Crippen LogP contribution is -2.50. The van der Waals surface area contributed by atoms with Crippen LogP contribution >= 0.6 is 0 Å². The Morgan fingerprint density at radius 1 is 1.10 bits per heavy atom. The van der Waals surface area contributed by atoms with Gasteiger partial charge in [0.25, 0.3) is 5.91 Å². The Balaban J connectivity index is 2.15. The summed E-state index contributed by atoms with van der Waals surface area (Å²) in [6.45, 7) is 7.47. The van der Waals surface area contributed by atoms with Crippen LogP contribution in [0.5, 0.6) is 5.75 Å². The second-order valence-electron chi connectivity index (χ2n) is 7.22. The second-order valence-corrected chi connectivity index (χ2v) is 7.22. The lowest BCUT2D eigenvalue weighted by molar-refractivity contribution is -0.142. The largest absolute Gasteiger partial charge is 0.481 e. The fraction of sp³-hybridized carbons (Fsp3) is 0.391. The topological polar surface area (TPSA) is 58.6 Å². The molecule has 2 atom stereocenters. The molecule has 2 amide bonds. The number of benzene rings is 2. The molecule has 5 nitrogen and oxygen atoms in total. The Kier molecular flexibility index (Phi) is 8.19. The molecule has 0 aliphatic heterocycles. The fourth-order valence-corrected chi connectivity index (χ4v) is 2.72. The first-order valence-corrected chi connectivity index (χ1v) is 9.84. The quantitative estimate of drug-likeness (QED) is 0.696. The number of amides is 2. The first kappa shape index (κ1) is 22.4. The van der Waals surface area contributed by atoms with E-state index in [-0.39, 0.29) is 36.8 Å². The van der Waals surface area contributed by atoms with Gasteiger partial charge in [-0.25, -0.2) is 4.39 Å². The molecule has 0 aromatic heterocycles. The van der Waals surface area contributed by atoms with Crippen LogP contribution in [0.1, 0.15) is 38.3 Å². The number of nitrogens with one attached hydrogen (secondary N) is 1. The van der Waals surface area contributed by atoms with Gasteiger partial charge < -0.3 is 15.0 Å². The Hall–Kier alpha value is -2.89. The van der Waals surface area contributed by atoms with Gasteiger partial charge in [0, 0.05) is 12.6 Å². The number of aryl methyl sites for hydroxylation is 1. The Morgan fingerprint density at radius 2 is 1.76 bits per heavy atom. The molecule has 0 aliphatic rings. The summed E-state index contributed by atoms with van der Waals surface area (Å²) in [5.74, 6) is -1.15. The third-order valence-corrected chi connectivity index (χ3v) is 4.83. The van der Waals surface area contributed by atoms with E-state index in [4.69, 9.17) is 4.74 Å². The Bertz CT molecular complexity index is 823. The molecule has 156 valence electrons. The molecule has 0 spiro atoms. The molecule has 1 N–H and O–H groups in total. The van der Waals surface area contributed by atoms with Crippen LogP contribution < -0.4 is 10.1 Å². The van der Waals surface area contributed by atoms with Crippen molar-refractivity contribution in [1.82, 2.24) is 10.2 Å². The van der Waals surface area contributed by atoms with Crippen LogP contribution in [0.15, 0.2) is 48.5 Å². The van der Waals surface area contributed by atoms with E-state index in [1.54, 1.807) is 19.1 Å². The van der Waals surface area contributed by atoms with Gasteiger partial charge in [-0.15, -0.1) is 0 Å². The standard InChI is InChI=1S/C23H29FN2O3/c1-5-17(3)25-23(28)18(4)26(14-19-12-10-16(2)11-13-19)22(27)15-29-21-9-7-6-8-20(21)24/h6-13,17-18H,5,14-15H2,1-4H3,(H,25,28)/t17-,18-/m1/s1. The summed E-state index contributed by atoms with van der Waals surface area (Å²) in [6.07, 6.45) is 0.792. The van der Waals surface area contributed by atoms with Crippen molar-refractivity contribution in [3.05, 3.63) is 65.5 Å². The number of carbonyl (C=O) groups is 2. The molecular weight excluding hydrogens is 371 g/mol. The third-order valence-electron chi connectivity index (χ3n) is 4.83. The first-order valence-electron chi connectivity index (χ1n) is 9.84. The number of ether oxygens (including phenoxy) is 1. The lowest BCUT2D eigenvalue weighted by Gasteiger charge is -2.29. The average Bonchev–Trinajstić information content (AvgIpc) is 2.71. The minimum absolute atomic E-state index is 0.00726. The molecule has 0 heterocycles. The van der Waals surface area contributed by atoms with Crippen molar-refractivity contribution in [3.63, 3.8) is 0 Å². The highest BCUT2D eigenvalue weighted by molar-refractivity contribution is 5.88. The van der Waals surface area contributed by atoms with Crippen molar-refractivity contribution in [1.29, 1.82) is 0 Å². The van der Waals surface area contributed by atoms with Gasteiger partial charge in [-0.2, -0.15) is 0 Å². The molecule has 29 heavy (non-hydrogen) atoms. The zero-order chi connectivity index (χ0) is 21.4. The van der Waals surface area contributed by atoms with Gasteiger partial charge in [-0.05, 0) is 44.9 Å². The lowest BCUT2D eigenvalue weighted by atomic mass is 10.1. The van der Waals surface area contributed by atoms with Gasteiger partial charge in [0.1, 0.15) is 6.04 Å². The molecule has 2 aromatic rings. The van der Waals surface area contributed by atoms with Crippen LogP contribution in [0.25, 0.3) is 0 Å². The van der Waals surface area contributed by atoms with E-state index in [0.29, 0.717) is 0 Å². The minimum Gasteiger partial charge on any atom is -0.481 e. The number of carbonyl (C=O) groups excluding carboxylic acids is 2. The maximum absolute atomic E-state index is 13.8. The van der Waals surface area contributed by atoms with Crippen molar-refractivity contribution >= 4 is 11.8 Å². The predicted molar refractivity (Wildman–Crippen MR) is 111 cm³/mol. The van der Waals surface area contributed by atoms with Gasteiger partial charge in [-0.1, -0.05) is 48.9 Å². The molecular formula is C23H29FN2O3. The normalized spacial score (nSPS) is 12.7. The van der Waals surface area contributed by atoms with Crippen LogP contribution in [0, 0.1) is 12.7 Å². The molecule has 6 heteroatoms. The number of nitrogens with zero attached hydrogens (tertiary/aromatic N) is 1. The highest BCUT2D eigenvalue weighted by atomic mass is 19.1. The number of hydrogen-bond donors (Lipinski definition) is 1. The monoisotopic (exact) mass is 400 g/mol. The van der Waals surface area contributed by atoms with Gasteiger partial charge >= 0.3 is 0 Å². The molecule has 2 rings (SSSR count). The van der Waals surface area contributed by atoms with E-state index in [0.717, 1.165) is 17.5 Å². The minimum atomic E-state index is -0.693. The van der Waals surface area contributed by atoms with Crippen molar-refractivity contribution in [2.75, 3.05) is 6.61 Å². The summed E-state index contributed by atoms with van der Waals surface area (Å²) in [4.78, 5) is 27.0. The number of hydrogen-bond acceptors (Lipinski definition) is 3. The third kappa shape index (κ3) is 6.59. The Labute approximate surface area is 171 Å². The molecule has 0 unspecified atom stereocenters. The maximum Gasteiger partial charge on any atom is 0.261 e. The molecule has 0 radical (unpaired) electrons. The van der Waals surface area contributed by atoms with Gasteiger partial charge in [0.15, 0.2) is 18.2 Å². The van der Waals surface area contributed by atoms with Gasteiger partial charge in [0.05, 0.1) is 0 Å². The molecule has 0 bridgehead atoms. The SMILES string of the molecule is CC[C@@H](C)NC(=O)[C@@H](C)N(Cc1ccc(C)cc1)C(=O)COc1ccccc1F. The van der Waals surface area contributed by atoms with Gasteiger partial charge in [0.2, 0.25) is 5.91 Å². The summed E-state index contributed by atoms with van der Waals surface area (Å²) in [5.41, 5.74) is 2.01. The van der Waals surface area contributed by atoms with E-state index in [2.05, 4.69) is 5.32 Å². The van der Waals surface area contributed by atoms with E-state index in [9.17, 15) is 14.0 Å². The summed E-state index contributed by atoms with van der Waals surface area (Å²) >= 11 is 0. The van der Waals surface area contributed by atoms with Crippen molar-refractivity contribution in [3.8, 4) is 5.75 Å². The van der Waals surface area contributed by atoms with E-state index in [1.165, 1.54) is 17.0 Å². The van der Waals surface area contributed by atoms with Crippen LogP contribution in [-0.4, -0.2) is 35.4 Å². The number of halogens is 1. The molecule has 0 saturated heterocycles. The molecule has 2 aromatic carbocycles. The summed E-state index contributed by atoms with van der Waals surface area (Å²) in [5, 5.41) is 2.91. The number of rotatable bonds is 9. The number of para-hydroxylation sites is 1. The zero-order valence-corrected chi connectivity index (χ0v) is 17.4. The smallest absolute Gasteiger partial charge is 0.261 e. The van der Waals surface area contributed by atoms with Crippen molar-refractivity contribution in [2.45, 2.75) is 52.7 Å². The molecule has 0 saturated carbocycles. The zero-order valence-electron chi connectivity index (χ0n) is 17.4. The van der Waals surface area contributed by atoms with Gasteiger partial charge in [-0.3, -0.25) is 9.59 Å². The first-order chi connectivity index (χ1) is 13.8. The van der Waals surface area contributed by atoms with E-state index < -0.39 is 11.9 Å². The highest BCUT2D eigenvalue weighted by Gasteiger charge is 2.27. The highest BCUT2D eigenvalue weighted by Crippen LogP contribution is 2.16. The van der Waals surface area contributed by atoms with Crippen molar-refractivity contribution in [2.24, 2.45) is 0 Å². The van der Waals surface area contributed by atoms with E-state index >= 15 is 0 Å². The van der Waals surface area contributed by atoms with Crippen LogP contribution in [0.4, 0.5) is 4.39 Å². The molecule has 0 fully saturated rings. The molecule has 0 aliphatic carbocycles. The summed E-state index contributed by atoms with van der Waals surface area (Å²) in [7, 11) is 0. The Morgan fingerprint density at radius 3 is 2.38 bits per heavy atom. The fourth-order valence-electron chi connectivity index (χ4n) is 2.72. The van der Waals surface area contributed by atoms with Crippen LogP contribution in [0.2, 0.25) is 0 Å². The van der Waals surface area contributed by atoms with Crippen LogP contribution in [-0.2, 0) is 16.1 Å². The van der Waals surface area contributed by atoms with E-state index in [1.807, 2.05) is 45.0 Å². The van der Waals surface area contributed by atoms with Crippen LogP contribution in [0.3, 0.4) is 0 Å². The average molecular weight is 400 g/mol. The second kappa shape index (κ2) is 10.6. The summed E-state index contributed by atoms with van der Waals surface area (Å²) in [6, 6.07) is 13.0. The predicted octanol–water partition coefficient (Wildman–Crippen LogP) is 3.84. The van der Waals surface area contributed by atoms with Crippen molar-refractivity contribution < 1.29 is 18.7 Å². The maximum atomic E-state index is 13.8.